The summed E-state index contributed by atoms with van der Waals surface area (Å²) in [5.41, 5.74) is 4.70. The second-order valence-corrected chi connectivity index (χ2v) is 7.81. The van der Waals surface area contributed by atoms with Crippen LogP contribution in [0.4, 0.5) is 10.1 Å². The number of aromatic amines is 1. The molecule has 0 saturated heterocycles. The molecule has 5 rings (SSSR count). The van der Waals surface area contributed by atoms with Gasteiger partial charge >= 0.3 is 0 Å². The normalized spacial score (nSPS) is 11.1. The van der Waals surface area contributed by atoms with Crippen LogP contribution < -0.4 is 5.56 Å². The van der Waals surface area contributed by atoms with Crippen LogP contribution >= 0.6 is 0 Å². The molecule has 0 aliphatic carbocycles. The Bertz CT molecular complexity index is 1440. The number of imidazole rings is 1. The van der Waals surface area contributed by atoms with Crippen LogP contribution in [0.5, 0.6) is 0 Å². The summed E-state index contributed by atoms with van der Waals surface area (Å²) in [5.74, 6) is 0.229. The van der Waals surface area contributed by atoms with Gasteiger partial charge in [-0.2, -0.15) is 0 Å². The van der Waals surface area contributed by atoms with Crippen molar-refractivity contribution in [2.24, 2.45) is 5.18 Å². The summed E-state index contributed by atoms with van der Waals surface area (Å²) in [5, 5.41) is 2.94. The highest BCUT2D eigenvalue weighted by Gasteiger charge is 2.20. The van der Waals surface area contributed by atoms with Gasteiger partial charge in [-0.15, -0.1) is 4.91 Å². The summed E-state index contributed by atoms with van der Waals surface area (Å²) in [4.78, 5) is 32.1. The molecule has 0 radical (unpaired) electrons. The summed E-state index contributed by atoms with van der Waals surface area (Å²) in [6.07, 6.45) is 2.58. The van der Waals surface area contributed by atoms with Crippen molar-refractivity contribution < 1.29 is 4.39 Å². The van der Waals surface area contributed by atoms with E-state index in [1.54, 1.807) is 47.2 Å². The van der Waals surface area contributed by atoms with E-state index in [9.17, 15) is 14.1 Å². The first kappa shape index (κ1) is 20.5. The van der Waals surface area contributed by atoms with Gasteiger partial charge in [0.2, 0.25) is 0 Å². The lowest BCUT2D eigenvalue weighted by atomic mass is 10.1. The molecule has 0 unspecified atom stereocenters. The molecule has 0 aromatic heterocycles. The van der Waals surface area contributed by atoms with E-state index in [2.05, 4.69) is 15.1 Å². The number of aromatic nitrogens is 3. The van der Waals surface area contributed by atoms with Crippen molar-refractivity contribution in [2.45, 2.75) is 12.8 Å². The molecular formula is C26H19FN4O2. The van der Waals surface area contributed by atoms with E-state index in [-0.39, 0.29) is 11.4 Å². The minimum Gasteiger partial charge on any atom is -0.354 e. The van der Waals surface area contributed by atoms with Crippen LogP contribution in [0.3, 0.4) is 0 Å². The Hall–Kier alpha value is -4.39. The van der Waals surface area contributed by atoms with Gasteiger partial charge in [0.15, 0.2) is 5.82 Å². The summed E-state index contributed by atoms with van der Waals surface area (Å²) in [7, 11) is 0. The maximum absolute atomic E-state index is 13.3. The lowest BCUT2D eigenvalue weighted by molar-refractivity contribution is 0.627. The fraction of sp³-hybridized carbons (Fsp3) is 0.0769. The number of nitrogens with one attached hydrogen (secondary N) is 1. The van der Waals surface area contributed by atoms with E-state index in [0.29, 0.717) is 35.7 Å². The predicted octanol–water partition coefficient (Wildman–Crippen LogP) is 5.38. The zero-order chi connectivity index (χ0) is 22.8. The Morgan fingerprint density at radius 2 is 1.58 bits per heavy atom. The topological polar surface area (TPSA) is 80.1 Å². The van der Waals surface area contributed by atoms with Crippen LogP contribution in [0.15, 0.2) is 95.0 Å². The lowest BCUT2D eigenvalue weighted by Gasteiger charge is -2.13. The second kappa shape index (κ2) is 8.63. The summed E-state index contributed by atoms with van der Waals surface area (Å²) < 4.78 is 14.8. The van der Waals surface area contributed by atoms with E-state index in [1.807, 2.05) is 30.3 Å². The van der Waals surface area contributed by atoms with Crippen LogP contribution in [0.25, 0.3) is 17.1 Å². The van der Waals surface area contributed by atoms with Gasteiger partial charge in [-0.05, 0) is 46.1 Å². The van der Waals surface area contributed by atoms with Crippen molar-refractivity contribution in [1.82, 2.24) is 14.5 Å². The number of rotatable bonds is 6. The molecule has 0 bridgehead atoms. The first-order valence-electron chi connectivity index (χ1n) is 10.5. The molecule has 33 heavy (non-hydrogen) atoms. The third kappa shape index (κ3) is 4.21. The number of nitroso groups, excluding NO2 is 1. The van der Waals surface area contributed by atoms with Gasteiger partial charge in [0, 0.05) is 19.0 Å². The van der Waals surface area contributed by atoms with Crippen LogP contribution in [0, 0.1) is 10.7 Å². The number of hydrogen-bond acceptors (Lipinski definition) is 4. The summed E-state index contributed by atoms with van der Waals surface area (Å²) >= 11 is 0. The Morgan fingerprint density at radius 1 is 0.879 bits per heavy atom. The summed E-state index contributed by atoms with van der Waals surface area (Å²) in [6.45, 7) is 0. The maximum atomic E-state index is 13.3. The van der Waals surface area contributed by atoms with Crippen molar-refractivity contribution in [1.29, 1.82) is 0 Å². The smallest absolute Gasteiger partial charge is 0.278 e. The summed E-state index contributed by atoms with van der Waals surface area (Å²) in [6, 6.07) is 22.8. The molecule has 7 heteroatoms. The van der Waals surface area contributed by atoms with E-state index < -0.39 is 0 Å². The van der Waals surface area contributed by atoms with Gasteiger partial charge in [0.05, 0.1) is 11.4 Å². The molecule has 0 amide bonds. The molecular weight excluding hydrogens is 419 g/mol. The Kier molecular flexibility index (Phi) is 5.36. The zero-order valence-electron chi connectivity index (χ0n) is 17.5. The maximum Gasteiger partial charge on any atom is 0.278 e. The number of hydrogen-bond donors (Lipinski definition) is 1. The van der Waals surface area contributed by atoms with Gasteiger partial charge in [0.1, 0.15) is 17.2 Å². The minimum atomic E-state index is -0.323. The van der Waals surface area contributed by atoms with Gasteiger partial charge < -0.3 is 4.98 Å². The average Bonchev–Trinajstić information content (AvgIpc) is 3.17. The lowest BCUT2D eigenvalue weighted by Crippen LogP contribution is -2.17. The highest BCUT2D eigenvalue weighted by Crippen LogP contribution is 2.25. The van der Waals surface area contributed by atoms with E-state index in [4.69, 9.17) is 0 Å². The molecule has 2 aliphatic rings. The van der Waals surface area contributed by atoms with Crippen LogP contribution in [0.1, 0.15) is 22.5 Å². The largest absolute Gasteiger partial charge is 0.354 e. The van der Waals surface area contributed by atoms with Gasteiger partial charge in [0.25, 0.3) is 5.56 Å². The molecule has 3 aromatic rings. The zero-order valence-corrected chi connectivity index (χ0v) is 17.5. The second-order valence-electron chi connectivity index (χ2n) is 7.81. The highest BCUT2D eigenvalue weighted by atomic mass is 19.1. The average molecular weight is 438 g/mol. The minimum absolute atomic E-state index is 0.218. The SMILES string of the molecule is O=Nc1ccc(-c2cn3c(=O)c(Cc4ccc(F)cc4)nc-3c(Cc3ccccc3)[nH]2)cc1. The molecule has 3 aromatic carbocycles. The third-order valence-electron chi connectivity index (χ3n) is 5.54. The van der Waals surface area contributed by atoms with E-state index in [0.717, 1.165) is 22.4 Å². The van der Waals surface area contributed by atoms with Crippen molar-refractivity contribution in [3.8, 4) is 17.1 Å². The number of nitrogens with zero attached hydrogens (tertiary/aromatic N) is 3. The molecule has 0 spiro atoms. The van der Waals surface area contributed by atoms with Crippen molar-refractivity contribution in [3.63, 3.8) is 0 Å². The molecule has 0 saturated carbocycles. The first-order valence-corrected chi connectivity index (χ1v) is 10.5. The van der Waals surface area contributed by atoms with Gasteiger partial charge in [-0.25, -0.2) is 9.37 Å². The van der Waals surface area contributed by atoms with E-state index in [1.165, 1.54) is 12.1 Å². The molecule has 6 nitrogen and oxygen atoms in total. The fourth-order valence-electron chi connectivity index (χ4n) is 3.86. The number of fused-ring (bicyclic) bond motifs is 1. The van der Waals surface area contributed by atoms with Crippen LogP contribution in [-0.2, 0) is 12.8 Å². The highest BCUT2D eigenvalue weighted by molar-refractivity contribution is 5.62. The van der Waals surface area contributed by atoms with Crippen LogP contribution in [-0.4, -0.2) is 14.5 Å². The monoisotopic (exact) mass is 438 g/mol. The Balaban J connectivity index is 1.63. The molecule has 1 N–H and O–H groups in total. The van der Waals surface area contributed by atoms with Crippen molar-refractivity contribution in [3.05, 3.63) is 129 Å². The first-order chi connectivity index (χ1) is 16.1. The van der Waals surface area contributed by atoms with Crippen molar-refractivity contribution >= 4 is 5.69 Å². The standard InChI is InChI=1S/C26H19FN4O2/c27-20-10-6-18(7-11-20)15-23-26(32)31-16-24(19-8-12-21(30-33)13-9-19)28-22(25(31)29-23)14-17-4-2-1-3-5-17/h1-13,16,28H,14-15H2. The third-order valence-corrected chi connectivity index (χ3v) is 5.54. The van der Waals surface area contributed by atoms with Gasteiger partial charge in [-0.1, -0.05) is 54.6 Å². The number of H-pyrrole nitrogens is 1. The number of halogens is 1. The van der Waals surface area contributed by atoms with Crippen molar-refractivity contribution in [2.75, 3.05) is 0 Å². The Morgan fingerprint density at radius 3 is 2.27 bits per heavy atom. The molecule has 0 atom stereocenters. The quantitative estimate of drug-likeness (QED) is 0.361. The predicted molar refractivity (Wildman–Crippen MR) is 125 cm³/mol. The molecule has 2 aliphatic heterocycles. The van der Waals surface area contributed by atoms with Gasteiger partial charge in [-0.3, -0.25) is 9.36 Å². The molecule has 162 valence electrons. The molecule has 0 fully saturated rings. The fourth-order valence-corrected chi connectivity index (χ4v) is 3.86. The van der Waals surface area contributed by atoms with E-state index >= 15 is 0 Å². The van der Waals surface area contributed by atoms with Crippen LogP contribution in [0.2, 0.25) is 0 Å². The molecule has 2 heterocycles. The Labute approximate surface area is 188 Å². The number of benzene rings is 3.